The quantitative estimate of drug-likeness (QED) is 0.525. The molecule has 0 saturated heterocycles. The van der Waals surface area contributed by atoms with Crippen LogP contribution in [0.15, 0.2) is 72.8 Å². The molecule has 0 bridgehead atoms. The molecule has 3 aromatic rings. The van der Waals surface area contributed by atoms with Crippen molar-refractivity contribution in [3.63, 3.8) is 0 Å². The predicted molar refractivity (Wildman–Crippen MR) is 117 cm³/mol. The van der Waals surface area contributed by atoms with Crippen molar-refractivity contribution < 1.29 is 14.2 Å². The maximum atomic E-state index is 5.83. The molecule has 0 radical (unpaired) electrons. The Balaban J connectivity index is 1.55. The van der Waals surface area contributed by atoms with Gasteiger partial charge in [0.1, 0.15) is 19.0 Å². The third kappa shape index (κ3) is 5.09. The molecule has 0 fully saturated rings. The van der Waals surface area contributed by atoms with Gasteiger partial charge in [-0.1, -0.05) is 62.4 Å². The first kappa shape index (κ1) is 20.7. The molecule has 0 heterocycles. The van der Waals surface area contributed by atoms with Crippen LogP contribution in [0.5, 0.6) is 17.2 Å². The summed E-state index contributed by atoms with van der Waals surface area (Å²) in [5.74, 6) is 2.19. The van der Waals surface area contributed by atoms with E-state index >= 15 is 0 Å². The van der Waals surface area contributed by atoms with Crippen molar-refractivity contribution in [2.45, 2.75) is 25.8 Å². The summed E-state index contributed by atoms with van der Waals surface area (Å²) >= 11 is 0. The minimum atomic E-state index is -0.0604. The van der Waals surface area contributed by atoms with Gasteiger partial charge in [-0.3, -0.25) is 0 Å². The molecular formula is C25H29NO3. The second kappa shape index (κ2) is 9.48. The number of hydrogen-bond donors (Lipinski definition) is 1. The first-order valence-electron chi connectivity index (χ1n) is 9.83. The number of nitrogens with two attached hydrogens (primary N) is 1. The van der Waals surface area contributed by atoms with Gasteiger partial charge in [0.05, 0.1) is 7.11 Å². The van der Waals surface area contributed by atoms with E-state index in [2.05, 4.69) is 50.2 Å². The largest absolute Gasteiger partial charge is 0.493 e. The maximum Gasteiger partial charge on any atom is 0.161 e. The summed E-state index contributed by atoms with van der Waals surface area (Å²) in [4.78, 5) is 0. The fourth-order valence-corrected chi connectivity index (χ4v) is 3.26. The van der Waals surface area contributed by atoms with Crippen molar-refractivity contribution in [3.05, 3.63) is 89.5 Å². The fourth-order valence-electron chi connectivity index (χ4n) is 3.26. The first-order valence-corrected chi connectivity index (χ1v) is 9.83. The predicted octanol–water partition coefficient (Wildman–Crippen LogP) is 4.94. The lowest BCUT2D eigenvalue weighted by Crippen LogP contribution is -2.18. The van der Waals surface area contributed by atoms with Gasteiger partial charge in [-0.25, -0.2) is 0 Å². The smallest absolute Gasteiger partial charge is 0.161 e. The lowest BCUT2D eigenvalue weighted by molar-refractivity contribution is 0.211. The SMILES string of the molecule is COc1cc(CN)ccc1OCCOc1ccc(C(C)(C)c2ccccc2)cc1. The van der Waals surface area contributed by atoms with Crippen LogP contribution in [0.2, 0.25) is 0 Å². The highest BCUT2D eigenvalue weighted by Crippen LogP contribution is 2.32. The van der Waals surface area contributed by atoms with Gasteiger partial charge < -0.3 is 19.9 Å². The van der Waals surface area contributed by atoms with Crippen LogP contribution >= 0.6 is 0 Å². The molecule has 0 aliphatic carbocycles. The van der Waals surface area contributed by atoms with E-state index in [1.165, 1.54) is 11.1 Å². The Kier molecular flexibility index (Phi) is 6.78. The Morgan fingerprint density at radius 1 is 0.759 bits per heavy atom. The van der Waals surface area contributed by atoms with Gasteiger partial charge in [0, 0.05) is 12.0 Å². The summed E-state index contributed by atoms with van der Waals surface area (Å²) in [7, 11) is 1.62. The second-order valence-electron chi connectivity index (χ2n) is 7.40. The number of ether oxygens (including phenoxy) is 3. The standard InChI is InChI=1S/C25H29NO3/c1-25(2,20-7-5-4-6-8-20)21-10-12-22(13-11-21)28-15-16-29-23-14-9-19(18-26)17-24(23)27-3/h4-14,17H,15-16,18,26H2,1-3H3. The van der Waals surface area contributed by atoms with Crippen molar-refractivity contribution in [1.29, 1.82) is 0 Å². The monoisotopic (exact) mass is 391 g/mol. The average Bonchev–Trinajstić information content (AvgIpc) is 2.77. The summed E-state index contributed by atoms with van der Waals surface area (Å²) in [5.41, 5.74) is 9.14. The van der Waals surface area contributed by atoms with Crippen LogP contribution in [0, 0.1) is 0 Å². The van der Waals surface area contributed by atoms with Crippen molar-refractivity contribution in [1.82, 2.24) is 0 Å². The van der Waals surface area contributed by atoms with Crippen LogP contribution in [0.3, 0.4) is 0 Å². The van der Waals surface area contributed by atoms with Crippen LogP contribution in [0.4, 0.5) is 0 Å². The van der Waals surface area contributed by atoms with Gasteiger partial charge in [0.15, 0.2) is 11.5 Å². The number of methoxy groups -OCH3 is 1. The maximum absolute atomic E-state index is 5.83. The topological polar surface area (TPSA) is 53.7 Å². The summed E-state index contributed by atoms with van der Waals surface area (Å²) < 4.78 is 17.0. The second-order valence-corrected chi connectivity index (χ2v) is 7.40. The van der Waals surface area contributed by atoms with Crippen LogP contribution in [-0.4, -0.2) is 20.3 Å². The third-order valence-electron chi connectivity index (χ3n) is 5.14. The van der Waals surface area contributed by atoms with Crippen molar-refractivity contribution in [2.24, 2.45) is 5.73 Å². The van der Waals surface area contributed by atoms with E-state index in [1.807, 2.05) is 36.4 Å². The van der Waals surface area contributed by atoms with E-state index < -0.39 is 0 Å². The van der Waals surface area contributed by atoms with Gasteiger partial charge in [-0.2, -0.15) is 0 Å². The Morgan fingerprint density at radius 3 is 2.07 bits per heavy atom. The highest BCUT2D eigenvalue weighted by atomic mass is 16.5. The summed E-state index contributed by atoms with van der Waals surface area (Å²) in [6, 6.07) is 24.5. The third-order valence-corrected chi connectivity index (χ3v) is 5.14. The lowest BCUT2D eigenvalue weighted by Gasteiger charge is -2.26. The molecule has 0 aliphatic rings. The molecule has 0 aromatic heterocycles. The molecule has 0 amide bonds. The van der Waals surface area contributed by atoms with E-state index in [0.29, 0.717) is 31.3 Å². The summed E-state index contributed by atoms with van der Waals surface area (Å²) in [6.45, 7) is 5.81. The number of rotatable bonds is 9. The molecule has 3 rings (SSSR count). The van der Waals surface area contributed by atoms with E-state index in [9.17, 15) is 0 Å². The van der Waals surface area contributed by atoms with E-state index in [0.717, 1.165) is 11.3 Å². The van der Waals surface area contributed by atoms with Crippen molar-refractivity contribution in [2.75, 3.05) is 20.3 Å². The normalized spacial score (nSPS) is 11.2. The van der Waals surface area contributed by atoms with E-state index in [1.54, 1.807) is 7.11 Å². The number of hydrogen-bond acceptors (Lipinski definition) is 4. The van der Waals surface area contributed by atoms with Crippen LogP contribution in [0.1, 0.15) is 30.5 Å². The molecule has 4 nitrogen and oxygen atoms in total. The summed E-state index contributed by atoms with van der Waals surface area (Å²) in [6.07, 6.45) is 0. The number of benzene rings is 3. The molecule has 3 aromatic carbocycles. The van der Waals surface area contributed by atoms with E-state index in [4.69, 9.17) is 19.9 Å². The zero-order chi connectivity index (χ0) is 20.7. The molecular weight excluding hydrogens is 362 g/mol. The molecule has 2 N–H and O–H groups in total. The van der Waals surface area contributed by atoms with Gasteiger partial charge in [-0.05, 0) is 41.0 Å². The molecule has 0 spiro atoms. The van der Waals surface area contributed by atoms with Gasteiger partial charge in [0.25, 0.3) is 0 Å². The average molecular weight is 392 g/mol. The zero-order valence-electron chi connectivity index (χ0n) is 17.4. The first-order chi connectivity index (χ1) is 14.0. The van der Waals surface area contributed by atoms with Crippen molar-refractivity contribution in [3.8, 4) is 17.2 Å². The lowest BCUT2D eigenvalue weighted by atomic mass is 9.78. The highest BCUT2D eigenvalue weighted by Gasteiger charge is 2.22. The Bertz CT molecular complexity index is 905. The molecule has 0 aliphatic heterocycles. The van der Waals surface area contributed by atoms with Crippen LogP contribution in [-0.2, 0) is 12.0 Å². The molecule has 0 unspecified atom stereocenters. The van der Waals surface area contributed by atoms with E-state index in [-0.39, 0.29) is 5.41 Å². The minimum absolute atomic E-state index is 0.0604. The zero-order valence-corrected chi connectivity index (χ0v) is 17.4. The molecule has 0 atom stereocenters. The van der Waals surface area contributed by atoms with Crippen LogP contribution in [0.25, 0.3) is 0 Å². The fraction of sp³-hybridized carbons (Fsp3) is 0.280. The minimum Gasteiger partial charge on any atom is -0.493 e. The molecule has 4 heteroatoms. The molecule has 152 valence electrons. The van der Waals surface area contributed by atoms with Crippen molar-refractivity contribution >= 4 is 0 Å². The Labute approximate surface area is 173 Å². The Morgan fingerprint density at radius 2 is 1.41 bits per heavy atom. The summed E-state index contributed by atoms with van der Waals surface area (Å²) in [5, 5.41) is 0. The highest BCUT2D eigenvalue weighted by molar-refractivity contribution is 5.43. The molecule has 29 heavy (non-hydrogen) atoms. The van der Waals surface area contributed by atoms with Gasteiger partial charge >= 0.3 is 0 Å². The van der Waals surface area contributed by atoms with Gasteiger partial charge in [0.2, 0.25) is 0 Å². The molecule has 0 saturated carbocycles. The van der Waals surface area contributed by atoms with Crippen LogP contribution < -0.4 is 19.9 Å². The van der Waals surface area contributed by atoms with Gasteiger partial charge in [-0.15, -0.1) is 0 Å². The Hall–Kier alpha value is -2.98.